The molecule has 0 spiro atoms. The molecular weight excluding hydrogens is 777 g/mol. The molecule has 12 aromatic rings. The van der Waals surface area contributed by atoms with Crippen molar-refractivity contribution in [1.29, 1.82) is 0 Å². The fourth-order valence-corrected chi connectivity index (χ4v) is 10.7. The zero-order valence-electron chi connectivity index (χ0n) is 35.6. The molecule has 1 aliphatic rings. The Balaban J connectivity index is 1.02. The van der Waals surface area contributed by atoms with Gasteiger partial charge in [-0.1, -0.05) is 159 Å². The van der Waals surface area contributed by atoms with Gasteiger partial charge in [0.2, 0.25) is 0 Å². The van der Waals surface area contributed by atoms with Crippen LogP contribution in [0.5, 0.6) is 0 Å². The highest BCUT2D eigenvalue weighted by Crippen LogP contribution is 2.51. The first-order valence-electron chi connectivity index (χ1n) is 22.2. The van der Waals surface area contributed by atoms with Crippen LogP contribution in [-0.2, 0) is 5.41 Å². The van der Waals surface area contributed by atoms with Crippen LogP contribution in [0.4, 0.5) is 17.1 Å². The van der Waals surface area contributed by atoms with E-state index in [0.29, 0.717) is 0 Å². The lowest BCUT2D eigenvalue weighted by Gasteiger charge is -2.28. The van der Waals surface area contributed by atoms with Crippen LogP contribution >= 0.6 is 0 Å². The minimum Gasteiger partial charge on any atom is -0.455 e. The van der Waals surface area contributed by atoms with Crippen LogP contribution in [0.1, 0.15) is 25.0 Å². The molecule has 3 nitrogen and oxygen atoms in total. The van der Waals surface area contributed by atoms with E-state index in [1.165, 1.54) is 49.7 Å². The van der Waals surface area contributed by atoms with Gasteiger partial charge < -0.3 is 13.9 Å². The summed E-state index contributed by atoms with van der Waals surface area (Å²) in [6.07, 6.45) is 0. The van der Waals surface area contributed by atoms with Gasteiger partial charge in [-0.15, -0.1) is 0 Å². The number of para-hydroxylation sites is 3. The van der Waals surface area contributed by atoms with Crippen LogP contribution < -0.4 is 4.90 Å². The van der Waals surface area contributed by atoms with E-state index in [9.17, 15) is 0 Å². The molecule has 2 heterocycles. The van der Waals surface area contributed by atoms with Gasteiger partial charge in [-0.25, -0.2) is 0 Å². The van der Waals surface area contributed by atoms with E-state index in [1.807, 2.05) is 0 Å². The number of hydrogen-bond donors (Lipinski definition) is 0. The number of furan rings is 1. The monoisotopic (exact) mass is 818 g/mol. The number of fused-ring (bicyclic) bond motifs is 12. The average Bonchev–Trinajstić information content (AvgIpc) is 3.98. The van der Waals surface area contributed by atoms with Crippen LogP contribution in [0.2, 0.25) is 0 Å². The fourth-order valence-electron chi connectivity index (χ4n) is 10.7. The summed E-state index contributed by atoms with van der Waals surface area (Å²) in [5, 5.41) is 6.96. The Bertz CT molecular complexity index is 3780. The molecule has 0 unspecified atom stereocenters. The topological polar surface area (TPSA) is 21.3 Å². The maximum absolute atomic E-state index is 6.86. The Hall–Kier alpha value is -8.14. The molecule has 0 radical (unpaired) electrons. The second-order valence-corrected chi connectivity index (χ2v) is 17.7. The van der Waals surface area contributed by atoms with Crippen molar-refractivity contribution in [2.75, 3.05) is 4.90 Å². The largest absolute Gasteiger partial charge is 0.455 e. The lowest BCUT2D eigenvalue weighted by Crippen LogP contribution is -2.16. The van der Waals surface area contributed by atoms with Crippen LogP contribution in [0.3, 0.4) is 0 Å². The molecule has 0 fully saturated rings. The highest BCUT2D eigenvalue weighted by molar-refractivity contribution is 6.31. The van der Waals surface area contributed by atoms with Crippen molar-refractivity contribution < 1.29 is 4.42 Å². The number of nitrogens with zero attached hydrogens (tertiary/aromatic N) is 2. The first-order valence-corrected chi connectivity index (χ1v) is 22.2. The molecule has 3 heteroatoms. The van der Waals surface area contributed by atoms with Gasteiger partial charge in [0.25, 0.3) is 0 Å². The summed E-state index contributed by atoms with van der Waals surface area (Å²) in [4.78, 5) is 2.41. The van der Waals surface area contributed by atoms with Crippen molar-refractivity contribution in [2.24, 2.45) is 0 Å². The lowest BCUT2D eigenvalue weighted by molar-refractivity contribution is 0.660. The summed E-state index contributed by atoms with van der Waals surface area (Å²) >= 11 is 0. The van der Waals surface area contributed by atoms with Crippen molar-refractivity contribution in [1.82, 2.24) is 4.57 Å². The molecule has 0 saturated carbocycles. The normalized spacial score (nSPS) is 13.0. The third-order valence-corrected chi connectivity index (χ3v) is 13.8. The number of hydrogen-bond acceptors (Lipinski definition) is 2. The first-order chi connectivity index (χ1) is 31.5. The molecule has 2 aromatic heterocycles. The summed E-state index contributed by atoms with van der Waals surface area (Å²) in [7, 11) is 0. The van der Waals surface area contributed by atoms with Gasteiger partial charge in [-0.05, 0) is 123 Å². The number of anilines is 3. The van der Waals surface area contributed by atoms with E-state index in [-0.39, 0.29) is 5.41 Å². The van der Waals surface area contributed by atoms with E-state index < -0.39 is 0 Å². The fraction of sp³-hybridized carbons (Fsp3) is 0.0492. The second kappa shape index (κ2) is 13.9. The van der Waals surface area contributed by atoms with Gasteiger partial charge in [0.05, 0.1) is 11.0 Å². The van der Waals surface area contributed by atoms with Crippen molar-refractivity contribution >= 4 is 71.6 Å². The first kappa shape index (κ1) is 36.5. The SMILES string of the molecule is CC1(C)c2ccccc2-c2ccc(N(c3ccc(-c4ccccc4)cc3)c3ccc(-c4cc5c(c6ccccc6n5-c5ccccc5)c5c4ccc4c6ccccc6oc45)cc3)cc21. The molecular formula is C61H42N2O. The molecule has 302 valence electrons. The summed E-state index contributed by atoms with van der Waals surface area (Å²) in [6.45, 7) is 4.71. The minimum absolute atomic E-state index is 0.123. The minimum atomic E-state index is -0.123. The summed E-state index contributed by atoms with van der Waals surface area (Å²) in [5.74, 6) is 0. The quantitative estimate of drug-likeness (QED) is 0.167. The number of benzene rings is 10. The molecule has 0 atom stereocenters. The zero-order valence-corrected chi connectivity index (χ0v) is 35.6. The summed E-state index contributed by atoms with van der Waals surface area (Å²) in [5.41, 5.74) is 18.5. The van der Waals surface area contributed by atoms with Crippen LogP contribution in [0.25, 0.3) is 93.6 Å². The molecule has 0 amide bonds. The molecule has 0 N–H and O–H groups in total. The zero-order chi connectivity index (χ0) is 42.5. The maximum Gasteiger partial charge on any atom is 0.143 e. The molecule has 13 rings (SSSR count). The predicted octanol–water partition coefficient (Wildman–Crippen LogP) is 16.9. The Morgan fingerprint density at radius 1 is 0.391 bits per heavy atom. The Kier molecular flexibility index (Phi) is 7.95. The predicted molar refractivity (Wildman–Crippen MR) is 269 cm³/mol. The van der Waals surface area contributed by atoms with Crippen molar-refractivity contribution in [2.45, 2.75) is 19.3 Å². The number of aromatic nitrogens is 1. The van der Waals surface area contributed by atoms with Gasteiger partial charge in [0.1, 0.15) is 11.2 Å². The van der Waals surface area contributed by atoms with E-state index >= 15 is 0 Å². The molecule has 0 aliphatic heterocycles. The lowest BCUT2D eigenvalue weighted by atomic mass is 9.82. The number of rotatable bonds is 6. The van der Waals surface area contributed by atoms with Crippen LogP contribution in [0, 0.1) is 0 Å². The molecule has 1 aliphatic carbocycles. The Morgan fingerprint density at radius 2 is 0.984 bits per heavy atom. The molecule has 0 bridgehead atoms. The van der Waals surface area contributed by atoms with Crippen LogP contribution in [-0.4, -0.2) is 4.57 Å². The smallest absolute Gasteiger partial charge is 0.143 e. The van der Waals surface area contributed by atoms with Crippen molar-refractivity contribution in [3.63, 3.8) is 0 Å². The second-order valence-electron chi connectivity index (χ2n) is 17.7. The molecule has 10 aromatic carbocycles. The Labute approximate surface area is 371 Å². The van der Waals surface area contributed by atoms with E-state index in [2.05, 4.69) is 242 Å². The van der Waals surface area contributed by atoms with Gasteiger partial charge in [-0.2, -0.15) is 0 Å². The van der Waals surface area contributed by atoms with Crippen molar-refractivity contribution in [3.8, 4) is 39.1 Å². The van der Waals surface area contributed by atoms with E-state index in [1.54, 1.807) is 0 Å². The van der Waals surface area contributed by atoms with E-state index in [4.69, 9.17) is 4.42 Å². The van der Waals surface area contributed by atoms with Gasteiger partial charge in [0, 0.05) is 55.1 Å². The standard InChI is InChI=1S/C61H42N2O/c1-61(2)53-22-12-9-19-46(53)47-34-33-45(37-54(47)61)62(43-29-25-40(26-30-43)39-15-5-3-6-16-39)44-31-27-41(28-32-44)52-38-56-58(51-21-10-13-23-55(51)63(56)42-17-7-4-8-18-42)59-49(52)35-36-50-48-20-11-14-24-57(48)64-60(50)59/h3-38H,1-2H3. The third-order valence-electron chi connectivity index (χ3n) is 13.8. The highest BCUT2D eigenvalue weighted by Gasteiger charge is 2.36. The van der Waals surface area contributed by atoms with Crippen molar-refractivity contribution in [3.05, 3.63) is 230 Å². The van der Waals surface area contributed by atoms with Gasteiger partial charge in [0.15, 0.2) is 0 Å². The maximum atomic E-state index is 6.86. The summed E-state index contributed by atoms with van der Waals surface area (Å²) in [6, 6.07) is 79.5. The third kappa shape index (κ3) is 5.41. The average molecular weight is 819 g/mol. The summed E-state index contributed by atoms with van der Waals surface area (Å²) < 4.78 is 9.28. The molecule has 64 heavy (non-hydrogen) atoms. The van der Waals surface area contributed by atoms with Gasteiger partial charge in [-0.3, -0.25) is 0 Å². The van der Waals surface area contributed by atoms with E-state index in [0.717, 1.165) is 72.1 Å². The van der Waals surface area contributed by atoms with Gasteiger partial charge >= 0.3 is 0 Å². The highest BCUT2D eigenvalue weighted by atomic mass is 16.3. The van der Waals surface area contributed by atoms with Crippen LogP contribution in [0.15, 0.2) is 223 Å². The molecule has 0 saturated heterocycles. The Morgan fingerprint density at radius 3 is 1.77 bits per heavy atom.